The first kappa shape index (κ1) is 16.4. The van der Waals surface area contributed by atoms with Crippen LogP contribution in [0.15, 0.2) is 48.7 Å². The maximum atomic E-state index is 11.6. The quantitative estimate of drug-likeness (QED) is 0.671. The Balaban J connectivity index is 2.04. The molecule has 0 saturated heterocycles. The molecule has 126 valence electrons. The summed E-state index contributed by atoms with van der Waals surface area (Å²) in [5.74, 6) is -1.20. The number of nitrogens with zero attached hydrogens (tertiary/aromatic N) is 1. The summed E-state index contributed by atoms with van der Waals surface area (Å²) in [6, 6.07) is 12.8. The second kappa shape index (κ2) is 6.60. The van der Waals surface area contributed by atoms with Gasteiger partial charge in [0.2, 0.25) is 5.91 Å². The van der Waals surface area contributed by atoms with E-state index in [1.807, 2.05) is 25.1 Å². The molecule has 2 aromatic carbocycles. The Labute approximate surface area is 144 Å². The number of anilines is 3. The normalized spacial score (nSPS) is 10.5. The zero-order valence-electron chi connectivity index (χ0n) is 13.8. The molecular formula is C19H17N3O3. The summed E-state index contributed by atoms with van der Waals surface area (Å²) in [5, 5.41) is 16.1. The number of carboxylic acid groups (broad SMARTS) is 1. The lowest BCUT2D eigenvalue weighted by Crippen LogP contribution is -2.06. The van der Waals surface area contributed by atoms with Crippen molar-refractivity contribution >= 4 is 39.8 Å². The molecule has 0 unspecified atom stereocenters. The Morgan fingerprint density at radius 1 is 1.04 bits per heavy atom. The van der Waals surface area contributed by atoms with Crippen LogP contribution < -0.4 is 10.6 Å². The molecule has 6 nitrogen and oxygen atoms in total. The second-order valence-electron chi connectivity index (χ2n) is 5.76. The second-order valence-corrected chi connectivity index (χ2v) is 5.76. The van der Waals surface area contributed by atoms with Crippen molar-refractivity contribution in [3.63, 3.8) is 0 Å². The molecule has 1 aromatic heterocycles. The molecule has 3 rings (SSSR count). The van der Waals surface area contributed by atoms with Crippen molar-refractivity contribution in [2.45, 2.75) is 13.8 Å². The summed E-state index contributed by atoms with van der Waals surface area (Å²) < 4.78 is 0. The summed E-state index contributed by atoms with van der Waals surface area (Å²) in [7, 11) is 0. The minimum Gasteiger partial charge on any atom is -0.478 e. The van der Waals surface area contributed by atoms with Gasteiger partial charge < -0.3 is 15.7 Å². The van der Waals surface area contributed by atoms with Gasteiger partial charge in [0.25, 0.3) is 0 Å². The molecule has 6 heteroatoms. The van der Waals surface area contributed by atoms with Gasteiger partial charge in [-0.1, -0.05) is 11.6 Å². The summed E-state index contributed by atoms with van der Waals surface area (Å²) in [5.41, 5.74) is 3.71. The maximum Gasteiger partial charge on any atom is 0.339 e. The van der Waals surface area contributed by atoms with Crippen LogP contribution in [0.4, 0.5) is 17.1 Å². The zero-order chi connectivity index (χ0) is 18.0. The Bertz CT molecular complexity index is 966. The number of pyridine rings is 1. The van der Waals surface area contributed by atoms with Crippen molar-refractivity contribution in [3.05, 3.63) is 59.8 Å². The number of amides is 1. The van der Waals surface area contributed by atoms with Crippen LogP contribution in [0.25, 0.3) is 10.9 Å². The predicted octanol–water partition coefficient (Wildman–Crippen LogP) is 3.94. The van der Waals surface area contributed by atoms with Crippen LogP contribution in [0, 0.1) is 6.92 Å². The number of nitrogens with one attached hydrogen (secondary N) is 2. The minimum atomic E-state index is -1.05. The van der Waals surface area contributed by atoms with Gasteiger partial charge >= 0.3 is 5.97 Å². The molecule has 3 aromatic rings. The monoisotopic (exact) mass is 335 g/mol. The van der Waals surface area contributed by atoms with Gasteiger partial charge in [0.15, 0.2) is 0 Å². The number of aromatic nitrogens is 1. The van der Waals surface area contributed by atoms with Crippen LogP contribution in [-0.4, -0.2) is 22.0 Å². The summed E-state index contributed by atoms with van der Waals surface area (Å²) in [4.78, 5) is 26.9. The van der Waals surface area contributed by atoms with E-state index in [2.05, 4.69) is 15.6 Å². The molecule has 0 atom stereocenters. The zero-order valence-corrected chi connectivity index (χ0v) is 13.8. The fourth-order valence-electron chi connectivity index (χ4n) is 2.59. The van der Waals surface area contributed by atoms with Gasteiger partial charge in [-0.15, -0.1) is 0 Å². The summed E-state index contributed by atoms with van der Waals surface area (Å²) in [6.07, 6.45) is 1.36. The lowest BCUT2D eigenvalue weighted by molar-refractivity contribution is -0.114. The third-order valence-corrected chi connectivity index (χ3v) is 3.73. The van der Waals surface area contributed by atoms with Gasteiger partial charge in [-0.3, -0.25) is 9.78 Å². The van der Waals surface area contributed by atoms with Gasteiger partial charge in [-0.05, 0) is 43.3 Å². The number of carbonyl (C=O) groups is 2. The van der Waals surface area contributed by atoms with Crippen LogP contribution in [0.1, 0.15) is 22.8 Å². The highest BCUT2D eigenvalue weighted by molar-refractivity contribution is 6.05. The van der Waals surface area contributed by atoms with E-state index in [1.54, 1.807) is 24.3 Å². The molecule has 1 amide bonds. The van der Waals surface area contributed by atoms with E-state index in [0.29, 0.717) is 22.6 Å². The van der Waals surface area contributed by atoms with Gasteiger partial charge in [0.1, 0.15) is 5.56 Å². The first-order valence-corrected chi connectivity index (χ1v) is 7.71. The lowest BCUT2D eigenvalue weighted by Gasteiger charge is -2.13. The summed E-state index contributed by atoms with van der Waals surface area (Å²) in [6.45, 7) is 3.38. The molecule has 0 aliphatic heterocycles. The number of benzene rings is 2. The molecule has 3 N–H and O–H groups in total. The highest BCUT2D eigenvalue weighted by Crippen LogP contribution is 2.30. The lowest BCUT2D eigenvalue weighted by atomic mass is 10.1. The minimum absolute atomic E-state index is 0.101. The standard InChI is InChI=1S/C19H17N3O3/c1-11-3-8-17-15(9-11)18(16(10-20-17)19(24)25)22-14-6-4-13(5-7-14)21-12(2)23/h3-10H,1-2H3,(H,20,22)(H,21,23)(H,24,25). The highest BCUT2D eigenvalue weighted by atomic mass is 16.4. The van der Waals surface area contributed by atoms with Crippen molar-refractivity contribution in [1.29, 1.82) is 0 Å². The van der Waals surface area contributed by atoms with E-state index >= 15 is 0 Å². The summed E-state index contributed by atoms with van der Waals surface area (Å²) >= 11 is 0. The predicted molar refractivity (Wildman–Crippen MR) is 97.5 cm³/mol. The smallest absolute Gasteiger partial charge is 0.339 e. The molecule has 25 heavy (non-hydrogen) atoms. The Hall–Kier alpha value is -3.41. The number of aryl methyl sites for hydroxylation is 1. The molecule has 1 heterocycles. The fourth-order valence-corrected chi connectivity index (χ4v) is 2.59. The molecule has 0 fully saturated rings. The van der Waals surface area contributed by atoms with Gasteiger partial charge in [-0.25, -0.2) is 4.79 Å². The van der Waals surface area contributed by atoms with E-state index in [-0.39, 0.29) is 11.5 Å². The van der Waals surface area contributed by atoms with Crippen LogP contribution in [0.5, 0.6) is 0 Å². The Morgan fingerprint density at radius 2 is 1.72 bits per heavy atom. The highest BCUT2D eigenvalue weighted by Gasteiger charge is 2.15. The number of hydrogen-bond donors (Lipinski definition) is 3. The maximum absolute atomic E-state index is 11.6. The van der Waals surface area contributed by atoms with Gasteiger partial charge in [0.05, 0.1) is 11.2 Å². The molecule has 0 spiro atoms. The number of hydrogen-bond acceptors (Lipinski definition) is 4. The first-order chi connectivity index (χ1) is 11.9. The van der Waals surface area contributed by atoms with E-state index in [9.17, 15) is 14.7 Å². The molecule has 0 bridgehead atoms. The van der Waals surface area contributed by atoms with Crippen molar-refractivity contribution in [2.24, 2.45) is 0 Å². The first-order valence-electron chi connectivity index (χ1n) is 7.71. The topological polar surface area (TPSA) is 91.3 Å². The fraction of sp³-hybridized carbons (Fsp3) is 0.105. The molecule has 0 aliphatic rings. The number of fused-ring (bicyclic) bond motifs is 1. The largest absolute Gasteiger partial charge is 0.478 e. The Morgan fingerprint density at radius 3 is 2.36 bits per heavy atom. The van der Waals surface area contributed by atoms with E-state index < -0.39 is 5.97 Å². The van der Waals surface area contributed by atoms with Crippen LogP contribution in [-0.2, 0) is 4.79 Å². The van der Waals surface area contributed by atoms with Gasteiger partial charge in [0, 0.05) is 29.9 Å². The molecular weight excluding hydrogens is 318 g/mol. The SMILES string of the molecule is CC(=O)Nc1ccc(Nc2c(C(=O)O)cnc3ccc(C)cc23)cc1. The molecule has 0 aliphatic carbocycles. The number of rotatable bonds is 4. The Kier molecular flexibility index (Phi) is 4.35. The van der Waals surface area contributed by atoms with Crippen LogP contribution >= 0.6 is 0 Å². The van der Waals surface area contributed by atoms with Crippen molar-refractivity contribution in [1.82, 2.24) is 4.98 Å². The number of carbonyl (C=O) groups excluding carboxylic acids is 1. The van der Waals surface area contributed by atoms with E-state index in [1.165, 1.54) is 13.1 Å². The van der Waals surface area contributed by atoms with Gasteiger partial charge in [-0.2, -0.15) is 0 Å². The molecule has 0 radical (unpaired) electrons. The van der Waals surface area contributed by atoms with Crippen LogP contribution in [0.2, 0.25) is 0 Å². The van der Waals surface area contributed by atoms with Crippen molar-refractivity contribution < 1.29 is 14.7 Å². The van der Waals surface area contributed by atoms with Crippen molar-refractivity contribution in [2.75, 3.05) is 10.6 Å². The van der Waals surface area contributed by atoms with E-state index in [4.69, 9.17) is 0 Å². The van der Waals surface area contributed by atoms with Crippen molar-refractivity contribution in [3.8, 4) is 0 Å². The average Bonchev–Trinajstić information content (AvgIpc) is 2.56. The number of aromatic carboxylic acids is 1. The van der Waals surface area contributed by atoms with Crippen LogP contribution in [0.3, 0.4) is 0 Å². The molecule has 0 saturated carbocycles. The third-order valence-electron chi connectivity index (χ3n) is 3.73. The third kappa shape index (κ3) is 3.58. The average molecular weight is 335 g/mol. The number of carboxylic acids is 1. The van der Waals surface area contributed by atoms with E-state index in [0.717, 1.165) is 10.9 Å².